The third-order valence-corrected chi connectivity index (χ3v) is 3.29. The molecule has 0 aliphatic heterocycles. The molecule has 1 rings (SSSR count). The second-order valence-electron chi connectivity index (χ2n) is 5.29. The van der Waals surface area contributed by atoms with Gasteiger partial charge in [-0.2, -0.15) is 0 Å². The van der Waals surface area contributed by atoms with Gasteiger partial charge < -0.3 is 15.4 Å². The molecule has 0 aliphatic rings. The summed E-state index contributed by atoms with van der Waals surface area (Å²) in [5.41, 5.74) is 7.33. The number of hydrogen-bond acceptors (Lipinski definition) is 3. The van der Waals surface area contributed by atoms with Crippen molar-refractivity contribution >= 4 is 0 Å². The summed E-state index contributed by atoms with van der Waals surface area (Å²) in [7, 11) is 3.83. The number of ether oxygens (including phenoxy) is 1. The average Bonchev–Trinajstić information content (AvgIpc) is 2.36. The molecule has 0 aliphatic carbocycles. The average molecular weight is 250 g/mol. The number of nitrogens with zero attached hydrogens (tertiary/aromatic N) is 1. The molecule has 0 saturated carbocycles. The Bertz CT molecular complexity index is 352. The monoisotopic (exact) mass is 250 g/mol. The highest BCUT2D eigenvalue weighted by molar-refractivity contribution is 5.28. The van der Waals surface area contributed by atoms with Crippen molar-refractivity contribution in [2.24, 2.45) is 11.7 Å². The van der Waals surface area contributed by atoms with Crippen molar-refractivity contribution in [1.29, 1.82) is 0 Å². The summed E-state index contributed by atoms with van der Waals surface area (Å²) in [5, 5.41) is 0. The largest absolute Gasteiger partial charge is 0.497 e. The maximum absolute atomic E-state index is 6.06. The second-order valence-corrected chi connectivity index (χ2v) is 5.29. The molecule has 18 heavy (non-hydrogen) atoms. The summed E-state index contributed by atoms with van der Waals surface area (Å²) in [4.78, 5) is 2.30. The summed E-state index contributed by atoms with van der Waals surface area (Å²) in [6.07, 6.45) is 1.04. The number of rotatable bonds is 7. The first kappa shape index (κ1) is 15.0. The molecule has 0 spiro atoms. The molecule has 1 aromatic carbocycles. The zero-order chi connectivity index (χ0) is 13.5. The van der Waals surface area contributed by atoms with Gasteiger partial charge in [0.2, 0.25) is 0 Å². The third-order valence-electron chi connectivity index (χ3n) is 3.29. The lowest BCUT2D eigenvalue weighted by atomic mass is 10.0. The standard InChI is InChI=1S/C15H26N2O/c1-12(2)15(16)8-9-17(3)11-13-6-5-7-14(10-13)18-4/h5-7,10,12,15H,8-9,11,16H2,1-4H3. The Balaban J connectivity index is 2.41. The van der Waals surface area contributed by atoms with Gasteiger partial charge in [-0.1, -0.05) is 26.0 Å². The molecule has 2 N–H and O–H groups in total. The summed E-state index contributed by atoms with van der Waals surface area (Å²) in [6.45, 7) is 6.30. The Labute approximate surface area is 111 Å². The lowest BCUT2D eigenvalue weighted by molar-refractivity contribution is 0.296. The minimum Gasteiger partial charge on any atom is -0.497 e. The quantitative estimate of drug-likeness (QED) is 0.808. The molecule has 0 heterocycles. The predicted molar refractivity (Wildman–Crippen MR) is 76.8 cm³/mol. The first-order valence-electron chi connectivity index (χ1n) is 6.60. The lowest BCUT2D eigenvalue weighted by Crippen LogP contribution is -2.31. The Morgan fingerprint density at radius 3 is 2.67 bits per heavy atom. The van der Waals surface area contributed by atoms with Gasteiger partial charge in [0.25, 0.3) is 0 Å². The fourth-order valence-corrected chi connectivity index (χ4v) is 1.86. The highest BCUT2D eigenvalue weighted by Crippen LogP contribution is 2.14. The molecule has 0 radical (unpaired) electrons. The van der Waals surface area contributed by atoms with Gasteiger partial charge in [0.05, 0.1) is 7.11 Å². The smallest absolute Gasteiger partial charge is 0.119 e. The highest BCUT2D eigenvalue weighted by Gasteiger charge is 2.09. The predicted octanol–water partition coefficient (Wildman–Crippen LogP) is 2.50. The van der Waals surface area contributed by atoms with Gasteiger partial charge in [0, 0.05) is 12.6 Å². The van der Waals surface area contributed by atoms with Crippen molar-refractivity contribution in [2.45, 2.75) is 32.9 Å². The molecule has 0 aromatic heterocycles. The number of benzene rings is 1. The highest BCUT2D eigenvalue weighted by atomic mass is 16.5. The number of methoxy groups -OCH3 is 1. The van der Waals surface area contributed by atoms with Crippen LogP contribution in [0.25, 0.3) is 0 Å². The molecule has 0 saturated heterocycles. The first-order valence-corrected chi connectivity index (χ1v) is 6.60. The topological polar surface area (TPSA) is 38.5 Å². The van der Waals surface area contributed by atoms with Crippen LogP contribution < -0.4 is 10.5 Å². The minimum atomic E-state index is 0.290. The summed E-state index contributed by atoms with van der Waals surface area (Å²) in [5.74, 6) is 1.47. The molecule has 1 aromatic rings. The van der Waals surface area contributed by atoms with Gasteiger partial charge in [-0.3, -0.25) is 0 Å². The maximum Gasteiger partial charge on any atom is 0.119 e. The molecule has 102 valence electrons. The van der Waals surface area contributed by atoms with E-state index >= 15 is 0 Å². The fourth-order valence-electron chi connectivity index (χ4n) is 1.86. The molecule has 0 amide bonds. The van der Waals surface area contributed by atoms with E-state index in [1.807, 2.05) is 12.1 Å². The summed E-state index contributed by atoms with van der Waals surface area (Å²) >= 11 is 0. The Kier molecular flexibility index (Phi) is 6.16. The van der Waals surface area contributed by atoms with Crippen LogP contribution in [0.3, 0.4) is 0 Å². The van der Waals surface area contributed by atoms with Crippen LogP contribution in [0.15, 0.2) is 24.3 Å². The third kappa shape index (κ3) is 5.07. The second kappa shape index (κ2) is 7.39. The van der Waals surface area contributed by atoms with E-state index in [1.165, 1.54) is 5.56 Å². The van der Waals surface area contributed by atoms with Crippen LogP contribution in [0.4, 0.5) is 0 Å². The zero-order valence-electron chi connectivity index (χ0n) is 12.0. The SMILES string of the molecule is COc1cccc(CN(C)CCC(N)C(C)C)c1. The molecule has 0 bridgehead atoms. The van der Waals surface area contributed by atoms with Crippen LogP contribution in [0.1, 0.15) is 25.8 Å². The summed E-state index contributed by atoms with van der Waals surface area (Å²) in [6, 6.07) is 8.50. The molecule has 3 heteroatoms. The van der Waals surface area contributed by atoms with Crippen molar-refractivity contribution in [3.05, 3.63) is 29.8 Å². The molecular formula is C15H26N2O. The fraction of sp³-hybridized carbons (Fsp3) is 0.600. The van der Waals surface area contributed by atoms with Crippen molar-refractivity contribution in [3.8, 4) is 5.75 Å². The molecule has 1 unspecified atom stereocenters. The van der Waals surface area contributed by atoms with Gasteiger partial charge in [0.15, 0.2) is 0 Å². The molecular weight excluding hydrogens is 224 g/mol. The van der Waals surface area contributed by atoms with Crippen LogP contribution in [-0.4, -0.2) is 31.6 Å². The van der Waals surface area contributed by atoms with Gasteiger partial charge in [-0.05, 0) is 43.6 Å². The summed E-state index contributed by atoms with van der Waals surface area (Å²) < 4.78 is 5.23. The maximum atomic E-state index is 6.06. The number of nitrogens with two attached hydrogens (primary N) is 1. The van der Waals surface area contributed by atoms with E-state index in [-0.39, 0.29) is 6.04 Å². The first-order chi connectivity index (χ1) is 8.52. The van der Waals surface area contributed by atoms with E-state index in [2.05, 4.69) is 37.9 Å². The molecule has 0 fully saturated rings. The lowest BCUT2D eigenvalue weighted by Gasteiger charge is -2.21. The van der Waals surface area contributed by atoms with Crippen LogP contribution >= 0.6 is 0 Å². The van der Waals surface area contributed by atoms with Crippen molar-refractivity contribution in [1.82, 2.24) is 4.90 Å². The van der Waals surface area contributed by atoms with Crippen molar-refractivity contribution < 1.29 is 4.74 Å². The van der Waals surface area contributed by atoms with Crippen LogP contribution in [-0.2, 0) is 6.54 Å². The van der Waals surface area contributed by atoms with Crippen LogP contribution in [0.2, 0.25) is 0 Å². The molecule has 1 atom stereocenters. The van der Waals surface area contributed by atoms with Crippen LogP contribution in [0, 0.1) is 5.92 Å². The van der Waals surface area contributed by atoms with Gasteiger partial charge in [-0.15, -0.1) is 0 Å². The van der Waals surface area contributed by atoms with E-state index in [4.69, 9.17) is 10.5 Å². The Hall–Kier alpha value is -1.06. The Morgan fingerprint density at radius 2 is 2.06 bits per heavy atom. The van der Waals surface area contributed by atoms with E-state index < -0.39 is 0 Å². The van der Waals surface area contributed by atoms with Gasteiger partial charge in [0.1, 0.15) is 5.75 Å². The van der Waals surface area contributed by atoms with E-state index in [0.717, 1.165) is 25.3 Å². The van der Waals surface area contributed by atoms with Crippen molar-refractivity contribution in [2.75, 3.05) is 20.7 Å². The van der Waals surface area contributed by atoms with Crippen molar-refractivity contribution in [3.63, 3.8) is 0 Å². The molecule has 3 nitrogen and oxygen atoms in total. The minimum absolute atomic E-state index is 0.290. The van der Waals surface area contributed by atoms with E-state index in [0.29, 0.717) is 5.92 Å². The normalized spacial score (nSPS) is 13.1. The number of hydrogen-bond donors (Lipinski definition) is 1. The van der Waals surface area contributed by atoms with Gasteiger partial charge in [-0.25, -0.2) is 0 Å². The van der Waals surface area contributed by atoms with Crippen LogP contribution in [0.5, 0.6) is 5.75 Å². The van der Waals surface area contributed by atoms with Gasteiger partial charge >= 0.3 is 0 Å². The van der Waals surface area contributed by atoms with E-state index in [9.17, 15) is 0 Å². The van der Waals surface area contributed by atoms with E-state index in [1.54, 1.807) is 7.11 Å². The zero-order valence-corrected chi connectivity index (χ0v) is 12.0. The Morgan fingerprint density at radius 1 is 1.33 bits per heavy atom.